The third-order valence-corrected chi connectivity index (χ3v) is 3.42. The summed E-state index contributed by atoms with van der Waals surface area (Å²) in [4.78, 5) is 35.7. The predicted molar refractivity (Wildman–Crippen MR) is 84.6 cm³/mol. The normalized spacial score (nSPS) is 13.2. The quantitative estimate of drug-likeness (QED) is 0.790. The van der Waals surface area contributed by atoms with E-state index in [2.05, 4.69) is 10.6 Å². The van der Waals surface area contributed by atoms with Gasteiger partial charge in [0.15, 0.2) is 6.61 Å². The molecule has 0 radical (unpaired) electrons. The molecular formula is C17H16N2O5. The van der Waals surface area contributed by atoms with Crippen molar-refractivity contribution in [1.29, 1.82) is 0 Å². The smallest absolute Gasteiger partial charge is 0.374 e. The average molecular weight is 328 g/mol. The lowest BCUT2D eigenvalue weighted by Crippen LogP contribution is -2.27. The van der Waals surface area contributed by atoms with Gasteiger partial charge in [-0.25, -0.2) is 4.79 Å². The molecule has 2 aromatic rings. The fraction of sp³-hybridized carbons (Fsp3) is 0.235. The molecule has 2 amide bonds. The molecule has 1 aromatic heterocycles. The Kier molecular flexibility index (Phi) is 4.60. The van der Waals surface area contributed by atoms with Crippen LogP contribution in [0.3, 0.4) is 0 Å². The van der Waals surface area contributed by atoms with Gasteiger partial charge in [0, 0.05) is 6.04 Å². The number of rotatable bonds is 6. The molecule has 2 N–H and O–H groups in total. The van der Waals surface area contributed by atoms with Crippen molar-refractivity contribution in [3.63, 3.8) is 0 Å². The first-order valence-corrected chi connectivity index (χ1v) is 7.54. The van der Waals surface area contributed by atoms with Gasteiger partial charge in [-0.3, -0.25) is 9.59 Å². The van der Waals surface area contributed by atoms with Crippen molar-refractivity contribution < 1.29 is 23.5 Å². The van der Waals surface area contributed by atoms with E-state index in [1.54, 1.807) is 30.3 Å². The summed E-state index contributed by atoms with van der Waals surface area (Å²) in [6, 6.07) is 9.88. The fourth-order valence-electron chi connectivity index (χ4n) is 2.06. The van der Waals surface area contributed by atoms with Crippen LogP contribution >= 0.6 is 0 Å². The lowest BCUT2D eigenvalue weighted by Gasteiger charge is -2.11. The Balaban J connectivity index is 1.57. The van der Waals surface area contributed by atoms with E-state index in [4.69, 9.17) is 9.15 Å². The van der Waals surface area contributed by atoms with Crippen LogP contribution in [0.25, 0.3) is 0 Å². The summed E-state index contributed by atoms with van der Waals surface area (Å²) in [5.74, 6) is -1.48. The third kappa shape index (κ3) is 4.01. The van der Waals surface area contributed by atoms with E-state index in [1.807, 2.05) is 0 Å². The monoisotopic (exact) mass is 328 g/mol. The van der Waals surface area contributed by atoms with E-state index in [0.717, 1.165) is 12.8 Å². The van der Waals surface area contributed by atoms with E-state index >= 15 is 0 Å². The number of para-hydroxylation sites is 1. The maximum absolute atomic E-state index is 12.2. The highest BCUT2D eigenvalue weighted by Crippen LogP contribution is 2.21. The molecule has 24 heavy (non-hydrogen) atoms. The van der Waals surface area contributed by atoms with Gasteiger partial charge in [-0.05, 0) is 37.1 Å². The minimum Gasteiger partial charge on any atom is -0.457 e. The molecule has 1 saturated carbocycles. The summed E-state index contributed by atoms with van der Waals surface area (Å²) >= 11 is 0. The van der Waals surface area contributed by atoms with Crippen molar-refractivity contribution in [2.45, 2.75) is 18.9 Å². The molecule has 1 aromatic carbocycles. The second-order valence-corrected chi connectivity index (χ2v) is 5.39. The fourth-order valence-corrected chi connectivity index (χ4v) is 2.06. The Bertz CT molecular complexity index is 750. The average Bonchev–Trinajstić information content (AvgIpc) is 3.22. The Labute approximate surface area is 138 Å². The number of carbonyl (C=O) groups is 3. The SMILES string of the molecule is O=C(COC(=O)c1ccco1)Nc1ccccc1C(=O)NC1CC1. The van der Waals surface area contributed by atoms with Crippen molar-refractivity contribution in [3.05, 3.63) is 54.0 Å². The molecule has 7 nitrogen and oxygen atoms in total. The first-order valence-electron chi connectivity index (χ1n) is 7.54. The summed E-state index contributed by atoms with van der Waals surface area (Å²) in [6.07, 6.45) is 3.29. The van der Waals surface area contributed by atoms with E-state index < -0.39 is 18.5 Å². The second kappa shape index (κ2) is 6.99. The maximum Gasteiger partial charge on any atom is 0.374 e. The summed E-state index contributed by atoms with van der Waals surface area (Å²) in [5.41, 5.74) is 0.741. The number of anilines is 1. The summed E-state index contributed by atoms with van der Waals surface area (Å²) in [6.45, 7) is -0.474. The van der Waals surface area contributed by atoms with Crippen LogP contribution in [0.15, 0.2) is 47.1 Å². The Hall–Kier alpha value is -3.09. The summed E-state index contributed by atoms with van der Waals surface area (Å²) in [7, 11) is 0. The van der Waals surface area contributed by atoms with Crippen molar-refractivity contribution in [1.82, 2.24) is 5.32 Å². The molecule has 1 aliphatic carbocycles. The van der Waals surface area contributed by atoms with Crippen molar-refractivity contribution in [2.24, 2.45) is 0 Å². The molecule has 0 bridgehead atoms. The van der Waals surface area contributed by atoms with Crippen LogP contribution in [-0.4, -0.2) is 30.4 Å². The van der Waals surface area contributed by atoms with Crippen LogP contribution in [0, 0.1) is 0 Å². The van der Waals surface area contributed by atoms with E-state index in [-0.39, 0.29) is 17.7 Å². The number of furan rings is 1. The van der Waals surface area contributed by atoms with Crippen LogP contribution in [0.5, 0.6) is 0 Å². The molecular weight excluding hydrogens is 312 g/mol. The van der Waals surface area contributed by atoms with Crippen LogP contribution < -0.4 is 10.6 Å². The highest BCUT2D eigenvalue weighted by molar-refractivity contribution is 6.04. The van der Waals surface area contributed by atoms with Crippen LogP contribution in [0.1, 0.15) is 33.8 Å². The summed E-state index contributed by atoms with van der Waals surface area (Å²) < 4.78 is 9.73. The zero-order valence-corrected chi connectivity index (χ0v) is 12.8. The maximum atomic E-state index is 12.2. The van der Waals surface area contributed by atoms with Crippen molar-refractivity contribution in [2.75, 3.05) is 11.9 Å². The molecule has 0 atom stereocenters. The largest absolute Gasteiger partial charge is 0.457 e. The zero-order valence-electron chi connectivity index (χ0n) is 12.8. The second-order valence-electron chi connectivity index (χ2n) is 5.39. The molecule has 1 aliphatic rings. The Morgan fingerprint density at radius 1 is 1.12 bits per heavy atom. The van der Waals surface area contributed by atoms with Gasteiger partial charge in [0.2, 0.25) is 5.76 Å². The number of nitrogens with one attached hydrogen (secondary N) is 2. The zero-order chi connectivity index (χ0) is 16.9. The Morgan fingerprint density at radius 3 is 2.62 bits per heavy atom. The third-order valence-electron chi connectivity index (χ3n) is 3.42. The molecule has 0 unspecified atom stereocenters. The van der Waals surface area contributed by atoms with Gasteiger partial charge in [-0.2, -0.15) is 0 Å². The van der Waals surface area contributed by atoms with Gasteiger partial charge in [-0.1, -0.05) is 12.1 Å². The van der Waals surface area contributed by atoms with Gasteiger partial charge in [-0.15, -0.1) is 0 Å². The number of hydrogen-bond donors (Lipinski definition) is 2. The molecule has 0 spiro atoms. The lowest BCUT2D eigenvalue weighted by atomic mass is 10.1. The van der Waals surface area contributed by atoms with Crippen LogP contribution in [0.4, 0.5) is 5.69 Å². The molecule has 0 saturated heterocycles. The minimum absolute atomic E-state index is 0.0204. The number of esters is 1. The number of amides is 2. The highest BCUT2D eigenvalue weighted by atomic mass is 16.5. The van der Waals surface area contributed by atoms with E-state index in [1.165, 1.54) is 12.3 Å². The van der Waals surface area contributed by atoms with Gasteiger partial charge in [0.05, 0.1) is 17.5 Å². The number of benzene rings is 1. The first-order chi connectivity index (χ1) is 11.6. The van der Waals surface area contributed by atoms with Gasteiger partial charge in [0.1, 0.15) is 0 Å². The Morgan fingerprint density at radius 2 is 1.92 bits per heavy atom. The summed E-state index contributed by atoms with van der Waals surface area (Å²) in [5, 5.41) is 5.44. The standard InChI is InChI=1S/C17H16N2O5/c20-15(10-24-17(22)14-6-3-9-23-14)19-13-5-2-1-4-12(13)16(21)18-11-7-8-11/h1-6,9,11H,7-8,10H2,(H,18,21)(H,19,20). The molecule has 1 fully saturated rings. The van der Waals surface area contributed by atoms with Crippen molar-refractivity contribution in [3.8, 4) is 0 Å². The number of carbonyl (C=O) groups excluding carboxylic acids is 3. The topological polar surface area (TPSA) is 97.6 Å². The highest BCUT2D eigenvalue weighted by Gasteiger charge is 2.25. The van der Waals surface area contributed by atoms with E-state index in [9.17, 15) is 14.4 Å². The molecule has 7 heteroatoms. The predicted octanol–water partition coefficient (Wildman–Crippen LogP) is 1.97. The van der Waals surface area contributed by atoms with Gasteiger partial charge >= 0.3 is 5.97 Å². The van der Waals surface area contributed by atoms with E-state index in [0.29, 0.717) is 11.3 Å². The van der Waals surface area contributed by atoms with Gasteiger partial charge in [0.25, 0.3) is 11.8 Å². The first kappa shape index (κ1) is 15.8. The minimum atomic E-state index is -0.727. The van der Waals surface area contributed by atoms with Gasteiger partial charge < -0.3 is 19.8 Å². The number of ether oxygens (including phenoxy) is 1. The molecule has 1 heterocycles. The van der Waals surface area contributed by atoms with Crippen LogP contribution in [0.2, 0.25) is 0 Å². The molecule has 124 valence electrons. The lowest BCUT2D eigenvalue weighted by molar-refractivity contribution is -0.119. The van der Waals surface area contributed by atoms with Crippen molar-refractivity contribution >= 4 is 23.5 Å². The molecule has 0 aliphatic heterocycles. The number of hydrogen-bond acceptors (Lipinski definition) is 5. The van der Waals surface area contributed by atoms with Crippen LogP contribution in [-0.2, 0) is 9.53 Å². The molecule has 3 rings (SSSR count).